The summed E-state index contributed by atoms with van der Waals surface area (Å²) in [5, 5.41) is 0. The van der Waals surface area contributed by atoms with E-state index in [9.17, 15) is 13.2 Å². The van der Waals surface area contributed by atoms with E-state index in [1.165, 1.54) is 9.87 Å². The molecule has 29 heavy (non-hydrogen) atoms. The number of sulfonamides is 1. The SMILES string of the molecule is CCOc1ccc(N([C@@H](CC)C(=O)N2CCc3ccccc3C2)S(C)(=O)=O)cc1. The molecule has 0 unspecified atom stereocenters. The zero-order chi connectivity index (χ0) is 21.0. The minimum absolute atomic E-state index is 0.165. The summed E-state index contributed by atoms with van der Waals surface area (Å²) in [6.45, 7) is 5.35. The highest BCUT2D eigenvalue weighted by atomic mass is 32.2. The predicted octanol–water partition coefficient (Wildman–Crippen LogP) is 3.21. The van der Waals surface area contributed by atoms with E-state index in [0.717, 1.165) is 18.2 Å². The normalized spacial score (nSPS) is 14.8. The number of anilines is 1. The van der Waals surface area contributed by atoms with E-state index >= 15 is 0 Å². The fraction of sp³-hybridized carbons (Fsp3) is 0.409. The third-order valence-corrected chi connectivity index (χ3v) is 6.34. The summed E-state index contributed by atoms with van der Waals surface area (Å²) in [6, 6.07) is 14.1. The Kier molecular flexibility index (Phi) is 6.47. The van der Waals surface area contributed by atoms with Crippen molar-refractivity contribution in [3.05, 3.63) is 59.7 Å². The van der Waals surface area contributed by atoms with Gasteiger partial charge in [-0.3, -0.25) is 9.10 Å². The van der Waals surface area contributed by atoms with Crippen LogP contribution >= 0.6 is 0 Å². The van der Waals surface area contributed by atoms with Crippen LogP contribution in [0.25, 0.3) is 0 Å². The molecule has 1 aliphatic heterocycles. The maximum absolute atomic E-state index is 13.4. The molecule has 0 aromatic heterocycles. The smallest absolute Gasteiger partial charge is 0.246 e. The van der Waals surface area contributed by atoms with Crippen molar-refractivity contribution in [2.75, 3.05) is 23.7 Å². The fourth-order valence-corrected chi connectivity index (χ4v) is 5.00. The van der Waals surface area contributed by atoms with E-state index in [1.54, 1.807) is 29.2 Å². The second-order valence-electron chi connectivity index (χ2n) is 7.19. The lowest BCUT2D eigenvalue weighted by molar-refractivity contribution is -0.133. The van der Waals surface area contributed by atoms with E-state index in [1.807, 2.05) is 32.0 Å². The fourth-order valence-electron chi connectivity index (χ4n) is 3.79. The molecule has 0 spiro atoms. The first-order valence-corrected chi connectivity index (χ1v) is 11.8. The first kappa shape index (κ1) is 21.2. The van der Waals surface area contributed by atoms with E-state index < -0.39 is 16.1 Å². The van der Waals surface area contributed by atoms with Crippen LogP contribution in [0.5, 0.6) is 5.75 Å². The molecular weight excluding hydrogens is 388 g/mol. The minimum atomic E-state index is -3.65. The van der Waals surface area contributed by atoms with Crippen molar-refractivity contribution in [2.45, 2.75) is 39.3 Å². The first-order chi connectivity index (χ1) is 13.8. The van der Waals surface area contributed by atoms with Crippen LogP contribution in [0, 0.1) is 0 Å². The van der Waals surface area contributed by atoms with Crippen LogP contribution in [0.4, 0.5) is 5.69 Å². The highest BCUT2D eigenvalue weighted by molar-refractivity contribution is 7.92. The van der Waals surface area contributed by atoms with Crippen molar-refractivity contribution in [2.24, 2.45) is 0 Å². The van der Waals surface area contributed by atoms with Gasteiger partial charge in [0, 0.05) is 13.1 Å². The van der Waals surface area contributed by atoms with Crippen LogP contribution in [-0.2, 0) is 27.8 Å². The van der Waals surface area contributed by atoms with Crippen LogP contribution in [-0.4, -0.2) is 44.7 Å². The third kappa shape index (κ3) is 4.72. The molecule has 0 fully saturated rings. The number of amides is 1. The summed E-state index contributed by atoms with van der Waals surface area (Å²) in [4.78, 5) is 15.1. The standard InChI is InChI=1S/C22H28N2O4S/c1-4-21(22(25)23-15-14-17-8-6-7-9-18(17)16-23)24(29(3,26)27)19-10-12-20(13-11-19)28-5-2/h6-13,21H,4-5,14-16H2,1-3H3/t21-/m0/s1. The zero-order valence-corrected chi connectivity index (χ0v) is 18.0. The van der Waals surface area contributed by atoms with Gasteiger partial charge >= 0.3 is 0 Å². The topological polar surface area (TPSA) is 66.9 Å². The Morgan fingerprint density at radius 3 is 2.34 bits per heavy atom. The summed E-state index contributed by atoms with van der Waals surface area (Å²) in [6.07, 6.45) is 2.31. The predicted molar refractivity (Wildman–Crippen MR) is 115 cm³/mol. The lowest BCUT2D eigenvalue weighted by atomic mass is 9.99. The van der Waals surface area contributed by atoms with Crippen LogP contribution in [0.2, 0.25) is 0 Å². The second-order valence-corrected chi connectivity index (χ2v) is 9.05. The number of rotatable bonds is 7. The van der Waals surface area contributed by atoms with E-state index in [4.69, 9.17) is 4.74 Å². The van der Waals surface area contributed by atoms with Crippen LogP contribution in [0.1, 0.15) is 31.4 Å². The minimum Gasteiger partial charge on any atom is -0.494 e. The highest BCUT2D eigenvalue weighted by Gasteiger charge is 2.35. The third-order valence-electron chi connectivity index (χ3n) is 5.16. The molecule has 0 bridgehead atoms. The molecule has 0 radical (unpaired) electrons. The van der Waals surface area contributed by atoms with Crippen molar-refractivity contribution in [1.29, 1.82) is 0 Å². The molecule has 7 heteroatoms. The molecule has 1 amide bonds. The Bertz CT molecular complexity index is 957. The van der Waals surface area contributed by atoms with Gasteiger partial charge in [-0.15, -0.1) is 0 Å². The lowest BCUT2D eigenvalue weighted by Crippen LogP contribution is -2.51. The van der Waals surface area contributed by atoms with Gasteiger partial charge < -0.3 is 9.64 Å². The number of hydrogen-bond donors (Lipinski definition) is 0. The summed E-state index contributed by atoms with van der Waals surface area (Å²) in [7, 11) is -3.65. The van der Waals surface area contributed by atoms with Crippen molar-refractivity contribution < 1.29 is 17.9 Å². The summed E-state index contributed by atoms with van der Waals surface area (Å²) in [5.74, 6) is 0.498. The average Bonchev–Trinajstić information content (AvgIpc) is 2.71. The zero-order valence-electron chi connectivity index (χ0n) is 17.2. The number of fused-ring (bicyclic) bond motifs is 1. The Balaban J connectivity index is 1.89. The van der Waals surface area contributed by atoms with Crippen LogP contribution in [0.3, 0.4) is 0 Å². The quantitative estimate of drug-likeness (QED) is 0.695. The number of carbonyl (C=O) groups is 1. The molecule has 1 heterocycles. The molecule has 0 saturated heterocycles. The number of ether oxygens (including phenoxy) is 1. The molecular formula is C22H28N2O4S. The number of nitrogens with zero attached hydrogens (tertiary/aromatic N) is 2. The van der Waals surface area contributed by atoms with Gasteiger partial charge in [0.15, 0.2) is 0 Å². The van der Waals surface area contributed by atoms with E-state index in [0.29, 0.717) is 37.6 Å². The number of benzene rings is 2. The van der Waals surface area contributed by atoms with Gasteiger partial charge in [-0.2, -0.15) is 0 Å². The molecule has 156 valence electrons. The maximum Gasteiger partial charge on any atom is 0.246 e. The van der Waals surface area contributed by atoms with E-state index in [2.05, 4.69) is 6.07 Å². The van der Waals surface area contributed by atoms with Crippen molar-refractivity contribution >= 4 is 21.6 Å². The number of hydrogen-bond acceptors (Lipinski definition) is 4. The van der Waals surface area contributed by atoms with Gasteiger partial charge in [0.2, 0.25) is 15.9 Å². The first-order valence-electron chi connectivity index (χ1n) is 9.93. The molecule has 0 N–H and O–H groups in total. The molecule has 2 aromatic rings. The number of carbonyl (C=O) groups excluding carboxylic acids is 1. The van der Waals surface area contributed by atoms with Crippen molar-refractivity contribution in [3.63, 3.8) is 0 Å². The summed E-state index contributed by atoms with van der Waals surface area (Å²) < 4.78 is 32.0. The van der Waals surface area contributed by atoms with Crippen molar-refractivity contribution in [3.8, 4) is 5.75 Å². The Morgan fingerprint density at radius 2 is 1.76 bits per heavy atom. The second kappa shape index (κ2) is 8.86. The van der Waals surface area contributed by atoms with Crippen LogP contribution < -0.4 is 9.04 Å². The Morgan fingerprint density at radius 1 is 1.10 bits per heavy atom. The molecule has 6 nitrogen and oxygen atoms in total. The van der Waals surface area contributed by atoms with Gasteiger partial charge in [0.05, 0.1) is 18.6 Å². The highest BCUT2D eigenvalue weighted by Crippen LogP contribution is 2.27. The average molecular weight is 417 g/mol. The van der Waals surface area contributed by atoms with E-state index in [-0.39, 0.29) is 5.91 Å². The molecule has 1 aliphatic rings. The van der Waals surface area contributed by atoms with Crippen LogP contribution in [0.15, 0.2) is 48.5 Å². The van der Waals surface area contributed by atoms with Gasteiger partial charge in [0.1, 0.15) is 11.8 Å². The van der Waals surface area contributed by atoms with Gasteiger partial charge in [0.25, 0.3) is 0 Å². The molecule has 3 rings (SSSR count). The maximum atomic E-state index is 13.4. The lowest BCUT2D eigenvalue weighted by Gasteiger charge is -2.36. The van der Waals surface area contributed by atoms with Gasteiger partial charge in [-0.25, -0.2) is 8.42 Å². The summed E-state index contributed by atoms with van der Waals surface area (Å²) in [5.41, 5.74) is 2.83. The molecule has 2 aromatic carbocycles. The monoisotopic (exact) mass is 416 g/mol. The molecule has 0 saturated carbocycles. The van der Waals surface area contributed by atoms with Crippen molar-refractivity contribution in [1.82, 2.24) is 4.90 Å². The van der Waals surface area contributed by atoms with Gasteiger partial charge in [-0.1, -0.05) is 31.2 Å². The Labute approximate surface area is 173 Å². The largest absolute Gasteiger partial charge is 0.494 e. The molecule has 0 aliphatic carbocycles. The molecule has 1 atom stereocenters. The van der Waals surface area contributed by atoms with Gasteiger partial charge in [-0.05, 0) is 55.2 Å². The Hall–Kier alpha value is -2.54. The summed E-state index contributed by atoms with van der Waals surface area (Å²) >= 11 is 0.